The van der Waals surface area contributed by atoms with Crippen molar-refractivity contribution in [1.82, 2.24) is 0 Å². The highest BCUT2D eigenvalue weighted by Crippen LogP contribution is 2.56. The van der Waals surface area contributed by atoms with Crippen molar-refractivity contribution in [3.8, 4) is 23.0 Å². The van der Waals surface area contributed by atoms with Gasteiger partial charge in [-0.15, -0.1) is 0 Å². The smallest absolute Gasteiger partial charge is 0.335 e. The second-order valence-electron chi connectivity index (χ2n) is 15.2. The number of aliphatic hydroxyl groups excluding tert-OH is 8. The fourth-order valence-corrected chi connectivity index (χ4v) is 8.71. The zero-order valence-electron chi connectivity index (χ0n) is 31.7. The maximum atomic E-state index is 14.7. The van der Waals surface area contributed by atoms with Gasteiger partial charge in [0.15, 0.2) is 0 Å². The fraction of sp³-hybridized carbons (Fsp3) is 0.333. The van der Waals surface area contributed by atoms with Gasteiger partial charge in [-0.25, -0.2) is 9.59 Å². The van der Waals surface area contributed by atoms with Gasteiger partial charge < -0.3 is 80.2 Å². The summed E-state index contributed by atoms with van der Waals surface area (Å²) in [5, 5.41) is 126. The Morgan fingerprint density at radius 1 is 0.516 bits per heavy atom. The molecule has 2 unspecified atom stereocenters. The number of carbonyl (C=O) groups excluding carboxylic acids is 2. The number of rotatable bonds is 9. The van der Waals surface area contributed by atoms with Crippen LogP contribution in [0.1, 0.15) is 86.6 Å². The molecule has 2 heterocycles. The molecule has 2 aliphatic heterocycles. The molecule has 20 heteroatoms. The van der Waals surface area contributed by atoms with Gasteiger partial charge in [-0.1, -0.05) is 24.3 Å². The lowest BCUT2D eigenvalue weighted by molar-refractivity contribution is -0.277. The van der Waals surface area contributed by atoms with Gasteiger partial charge in [0.1, 0.15) is 71.8 Å². The molecular formula is C42H38O20. The molecular weight excluding hydrogens is 824 g/mol. The van der Waals surface area contributed by atoms with Crippen LogP contribution in [0.15, 0.2) is 60.7 Å². The molecule has 8 rings (SSSR count). The van der Waals surface area contributed by atoms with Gasteiger partial charge in [-0.05, 0) is 58.7 Å². The summed E-state index contributed by atoms with van der Waals surface area (Å²) in [6.45, 7) is -1.64. The normalized spacial score (nSPS) is 30.1. The zero-order valence-corrected chi connectivity index (χ0v) is 31.7. The van der Waals surface area contributed by atoms with E-state index < -0.39 is 144 Å². The van der Waals surface area contributed by atoms with E-state index in [1.54, 1.807) is 0 Å². The number of phenolic OH excluding ortho intramolecular Hbond substituents is 2. The number of ether oxygens (including phenoxy) is 4. The number of hydrogen-bond acceptors (Lipinski definition) is 18. The summed E-state index contributed by atoms with van der Waals surface area (Å²) in [6.07, 6.45) is -17.7. The molecule has 0 amide bonds. The monoisotopic (exact) mass is 862 g/mol. The van der Waals surface area contributed by atoms with E-state index in [0.717, 1.165) is 24.3 Å². The molecule has 12 atom stereocenters. The van der Waals surface area contributed by atoms with E-state index in [2.05, 4.69) is 0 Å². The van der Waals surface area contributed by atoms with E-state index >= 15 is 0 Å². The first-order valence-electron chi connectivity index (χ1n) is 19.0. The summed E-state index contributed by atoms with van der Waals surface area (Å²) < 4.78 is 23.0. The number of fused-ring (bicyclic) bond motifs is 4. The minimum Gasteiger partial charge on any atom is -0.507 e. The summed E-state index contributed by atoms with van der Waals surface area (Å²) in [4.78, 5) is 54.2. The molecule has 0 bridgehead atoms. The summed E-state index contributed by atoms with van der Waals surface area (Å²) in [6, 6.07) is 11.9. The van der Waals surface area contributed by atoms with Crippen LogP contribution in [0.3, 0.4) is 0 Å². The Morgan fingerprint density at radius 2 is 0.887 bits per heavy atom. The number of phenols is 2. The molecule has 12 N–H and O–H groups in total. The first kappa shape index (κ1) is 42.6. The van der Waals surface area contributed by atoms with Crippen molar-refractivity contribution >= 4 is 23.5 Å². The number of ketones is 2. The number of hydrogen-bond donors (Lipinski definition) is 12. The lowest BCUT2D eigenvalue weighted by Crippen LogP contribution is -2.60. The van der Waals surface area contributed by atoms with Crippen molar-refractivity contribution in [3.05, 3.63) is 116 Å². The largest absolute Gasteiger partial charge is 0.507 e. The molecule has 2 aliphatic carbocycles. The standard InChI is InChI=1S/C42H38O20/c43-11-23-31(47)35(51)37(53)41(61-23)59-21-5-1-3-15-25(17-7-13(39(55)56)9-19(45)27(17)33(49)29(15)21)26-16-4-2-6-22(60-42-38(54)36(52)32(48)24(12-44)62-42)30(16)34(50)28-18(26)8-14(40(57)58)10-20(28)46/h1-10,23-26,31-32,35-38,41-48,51-54H,11-12H2,(H,55,56)(H,57,58)/t23-,24-,25-,26?,31-,32-,35+,36+,37-,38-,41-,42?/m1/s1. The fourth-order valence-electron chi connectivity index (χ4n) is 8.71. The highest BCUT2D eigenvalue weighted by atomic mass is 16.7. The SMILES string of the molecule is O=C(O)c1cc(O)c2c(c1)C([C@H]1c3cc(C(=O)O)cc(O)c3C(=O)c3c(O[C@@H]4O[C@H](CO)[C@@H](O)[C@H](O)[C@H]4O)cccc31)c1cccc(OC3O[C@H](CO)[C@@H](O)[C@H](O)[C@H]3O)c1C2=O. The summed E-state index contributed by atoms with van der Waals surface area (Å²) in [5.74, 6) is -10.1. The first-order chi connectivity index (χ1) is 29.5. The Bertz CT molecular complexity index is 2330. The van der Waals surface area contributed by atoms with Crippen LogP contribution in [0.4, 0.5) is 0 Å². The maximum Gasteiger partial charge on any atom is 0.335 e. The number of carbonyl (C=O) groups is 4. The van der Waals surface area contributed by atoms with Crippen LogP contribution in [-0.4, -0.2) is 159 Å². The Labute approximate surface area is 348 Å². The van der Waals surface area contributed by atoms with Crippen LogP contribution in [0.5, 0.6) is 23.0 Å². The summed E-state index contributed by atoms with van der Waals surface area (Å²) in [7, 11) is 0. The van der Waals surface area contributed by atoms with Crippen molar-refractivity contribution in [2.24, 2.45) is 0 Å². The third-order valence-electron chi connectivity index (χ3n) is 11.7. The van der Waals surface area contributed by atoms with E-state index in [0.29, 0.717) is 0 Å². The van der Waals surface area contributed by atoms with Gasteiger partial charge in [-0.3, -0.25) is 9.59 Å². The minimum atomic E-state index is -1.94. The molecule has 326 valence electrons. The molecule has 62 heavy (non-hydrogen) atoms. The van der Waals surface area contributed by atoms with Gasteiger partial charge in [0, 0.05) is 11.8 Å². The highest BCUT2D eigenvalue weighted by molar-refractivity contribution is 6.18. The predicted octanol–water partition coefficient (Wildman–Crippen LogP) is -1.10. The Morgan fingerprint density at radius 3 is 1.23 bits per heavy atom. The molecule has 20 nitrogen and oxygen atoms in total. The molecule has 2 saturated heterocycles. The number of benzene rings is 4. The topological polar surface area (TPSA) is 348 Å². The zero-order chi connectivity index (χ0) is 44.6. The number of aliphatic hydroxyl groups is 8. The number of aromatic hydroxyl groups is 2. The predicted molar refractivity (Wildman–Crippen MR) is 202 cm³/mol. The quantitative estimate of drug-likeness (QED) is 0.0950. The Kier molecular flexibility index (Phi) is 11.0. The van der Waals surface area contributed by atoms with Crippen molar-refractivity contribution in [2.75, 3.05) is 13.2 Å². The first-order valence-corrected chi connectivity index (χ1v) is 19.0. The molecule has 0 spiro atoms. The molecule has 4 aromatic carbocycles. The van der Waals surface area contributed by atoms with E-state index in [-0.39, 0.29) is 44.9 Å². The van der Waals surface area contributed by atoms with E-state index in [9.17, 15) is 80.5 Å². The Hall–Kier alpha value is -6.04. The van der Waals surface area contributed by atoms with Crippen LogP contribution < -0.4 is 9.47 Å². The summed E-state index contributed by atoms with van der Waals surface area (Å²) >= 11 is 0. The molecule has 4 aromatic rings. The highest BCUT2D eigenvalue weighted by Gasteiger charge is 2.50. The van der Waals surface area contributed by atoms with Crippen LogP contribution in [-0.2, 0) is 9.47 Å². The molecule has 0 aromatic heterocycles. The number of carboxylic acids is 2. The van der Waals surface area contributed by atoms with Crippen molar-refractivity contribution < 1.29 is 99.4 Å². The van der Waals surface area contributed by atoms with Gasteiger partial charge in [0.2, 0.25) is 24.1 Å². The van der Waals surface area contributed by atoms with Gasteiger partial charge in [0.05, 0.1) is 46.6 Å². The lowest BCUT2D eigenvalue weighted by atomic mass is 9.63. The van der Waals surface area contributed by atoms with Gasteiger partial charge in [-0.2, -0.15) is 0 Å². The van der Waals surface area contributed by atoms with E-state index in [4.69, 9.17) is 18.9 Å². The molecule has 2 fully saturated rings. The van der Waals surface area contributed by atoms with Gasteiger partial charge >= 0.3 is 11.9 Å². The second kappa shape index (κ2) is 16.0. The number of carboxylic acid groups (broad SMARTS) is 2. The third kappa shape index (κ3) is 6.73. The Balaban J connectivity index is 1.38. The van der Waals surface area contributed by atoms with Crippen LogP contribution in [0, 0.1) is 0 Å². The number of aromatic carboxylic acids is 2. The third-order valence-corrected chi connectivity index (χ3v) is 11.7. The van der Waals surface area contributed by atoms with Crippen molar-refractivity contribution in [2.45, 2.75) is 73.2 Å². The van der Waals surface area contributed by atoms with E-state index in [1.807, 2.05) is 0 Å². The van der Waals surface area contributed by atoms with Crippen LogP contribution in [0.2, 0.25) is 0 Å². The van der Waals surface area contributed by atoms with Gasteiger partial charge in [0.25, 0.3) is 0 Å². The maximum absolute atomic E-state index is 14.7. The van der Waals surface area contributed by atoms with Crippen LogP contribution >= 0.6 is 0 Å². The average Bonchev–Trinajstić information content (AvgIpc) is 3.24. The molecule has 4 aliphatic rings. The molecule has 0 radical (unpaired) electrons. The summed E-state index contributed by atoms with van der Waals surface area (Å²) in [5.41, 5.74) is -2.87. The molecule has 0 saturated carbocycles. The second-order valence-corrected chi connectivity index (χ2v) is 15.2. The van der Waals surface area contributed by atoms with Crippen molar-refractivity contribution in [1.29, 1.82) is 0 Å². The van der Waals surface area contributed by atoms with E-state index in [1.165, 1.54) is 36.4 Å². The van der Waals surface area contributed by atoms with Crippen molar-refractivity contribution in [3.63, 3.8) is 0 Å². The minimum absolute atomic E-state index is 0.00301. The lowest BCUT2D eigenvalue weighted by Gasteiger charge is -2.41. The van der Waals surface area contributed by atoms with Crippen LogP contribution in [0.25, 0.3) is 0 Å². The average molecular weight is 863 g/mol.